The Hall–Kier alpha value is -1.17. The van der Waals surface area contributed by atoms with Crippen LogP contribution in [0.4, 0.5) is 5.82 Å². The first-order valence-corrected chi connectivity index (χ1v) is 6.81. The van der Waals surface area contributed by atoms with Crippen LogP contribution in [0, 0.1) is 0 Å². The average molecular weight is 265 g/mol. The monoisotopic (exact) mass is 265 g/mol. The molecule has 5 nitrogen and oxygen atoms in total. The lowest BCUT2D eigenvalue weighted by Crippen LogP contribution is -2.39. The van der Waals surface area contributed by atoms with Crippen molar-refractivity contribution in [2.75, 3.05) is 39.1 Å². The Morgan fingerprint density at radius 2 is 2.37 bits per heavy atom. The molecule has 19 heavy (non-hydrogen) atoms. The summed E-state index contributed by atoms with van der Waals surface area (Å²) in [6.45, 7) is 4.35. The summed E-state index contributed by atoms with van der Waals surface area (Å²) in [4.78, 5) is 6.43. The van der Waals surface area contributed by atoms with Gasteiger partial charge in [0.05, 0.1) is 19.3 Å². The topological polar surface area (TPSA) is 60.6 Å². The highest BCUT2D eigenvalue weighted by atomic mass is 16.5. The molecule has 0 aromatic carbocycles. The minimum atomic E-state index is 0.322. The Bertz CT molecular complexity index is 387. The fourth-order valence-corrected chi connectivity index (χ4v) is 2.44. The van der Waals surface area contributed by atoms with E-state index in [0.29, 0.717) is 25.1 Å². The molecule has 0 aliphatic carbocycles. The Morgan fingerprint density at radius 1 is 1.47 bits per heavy atom. The first-order valence-electron chi connectivity index (χ1n) is 6.81. The molecule has 0 bridgehead atoms. The van der Waals surface area contributed by atoms with E-state index >= 15 is 0 Å². The molecule has 1 aliphatic heterocycles. The lowest BCUT2D eigenvalue weighted by molar-refractivity contribution is -0.0224. The van der Waals surface area contributed by atoms with Gasteiger partial charge in [-0.15, -0.1) is 0 Å². The van der Waals surface area contributed by atoms with E-state index in [0.717, 1.165) is 26.1 Å². The Morgan fingerprint density at radius 3 is 3.16 bits per heavy atom. The van der Waals surface area contributed by atoms with Gasteiger partial charge in [0, 0.05) is 26.4 Å². The Balaban J connectivity index is 1.80. The minimum absolute atomic E-state index is 0.322. The summed E-state index contributed by atoms with van der Waals surface area (Å²) in [6.07, 6.45) is 4.40. The second kappa shape index (κ2) is 7.43. The van der Waals surface area contributed by atoms with Crippen LogP contribution in [-0.4, -0.2) is 49.4 Å². The van der Waals surface area contributed by atoms with Crippen molar-refractivity contribution >= 4 is 5.82 Å². The Kier molecular flexibility index (Phi) is 5.57. The average Bonchev–Trinajstić information content (AvgIpc) is 2.39. The van der Waals surface area contributed by atoms with Gasteiger partial charge in [0.1, 0.15) is 5.82 Å². The number of nitrogens with two attached hydrogens (primary N) is 1. The largest absolute Gasteiger partial charge is 0.384 e. The van der Waals surface area contributed by atoms with Crippen LogP contribution < -0.4 is 5.73 Å². The van der Waals surface area contributed by atoms with E-state index in [9.17, 15) is 0 Å². The van der Waals surface area contributed by atoms with E-state index < -0.39 is 0 Å². The summed E-state index contributed by atoms with van der Waals surface area (Å²) in [7, 11) is 1.70. The quantitative estimate of drug-likeness (QED) is 0.785. The molecule has 1 saturated heterocycles. The van der Waals surface area contributed by atoms with E-state index in [2.05, 4.69) is 9.88 Å². The van der Waals surface area contributed by atoms with Gasteiger partial charge in [0.2, 0.25) is 0 Å². The molecule has 0 spiro atoms. The third-order valence-electron chi connectivity index (χ3n) is 3.35. The number of anilines is 1. The minimum Gasteiger partial charge on any atom is -0.384 e. The number of ether oxygens (including phenoxy) is 2. The number of methoxy groups -OCH3 is 1. The smallest absolute Gasteiger partial charge is 0.123 e. The molecule has 1 aromatic rings. The van der Waals surface area contributed by atoms with E-state index in [1.54, 1.807) is 13.3 Å². The molecule has 0 amide bonds. The standard InChI is InChI=1S/C14H23N3O2/c1-18-7-8-19-13-3-2-6-17(11-13)10-12-4-5-16-14(15)9-12/h4-5,9,13H,2-3,6-8,10-11H2,1H3,(H2,15,16). The molecule has 2 N–H and O–H groups in total. The van der Waals surface area contributed by atoms with Gasteiger partial charge in [-0.1, -0.05) is 0 Å². The molecular formula is C14H23N3O2. The van der Waals surface area contributed by atoms with E-state index in [1.165, 1.54) is 12.0 Å². The third-order valence-corrected chi connectivity index (χ3v) is 3.35. The van der Waals surface area contributed by atoms with Crippen LogP contribution in [0.5, 0.6) is 0 Å². The van der Waals surface area contributed by atoms with Crippen LogP contribution in [-0.2, 0) is 16.0 Å². The molecule has 0 saturated carbocycles. The van der Waals surface area contributed by atoms with Crippen molar-refractivity contribution in [3.05, 3.63) is 23.9 Å². The van der Waals surface area contributed by atoms with Crippen LogP contribution >= 0.6 is 0 Å². The third kappa shape index (κ3) is 4.78. The normalized spacial score (nSPS) is 20.6. The predicted octanol–water partition coefficient (Wildman–Crippen LogP) is 1.29. The molecule has 1 aromatic heterocycles. The summed E-state index contributed by atoms with van der Waals surface area (Å²) in [5, 5.41) is 0. The highest BCUT2D eigenvalue weighted by molar-refractivity contribution is 5.31. The number of rotatable bonds is 6. The number of nitrogens with zero attached hydrogens (tertiary/aromatic N) is 2. The van der Waals surface area contributed by atoms with Crippen LogP contribution in [0.25, 0.3) is 0 Å². The summed E-state index contributed by atoms with van der Waals surface area (Å²) in [5.74, 6) is 0.586. The first-order chi connectivity index (χ1) is 9.28. The van der Waals surface area contributed by atoms with Gasteiger partial charge in [0.15, 0.2) is 0 Å². The lowest BCUT2D eigenvalue weighted by atomic mass is 10.1. The number of pyridine rings is 1. The van der Waals surface area contributed by atoms with E-state index in [1.807, 2.05) is 12.1 Å². The number of likely N-dealkylation sites (tertiary alicyclic amines) is 1. The highest BCUT2D eigenvalue weighted by Crippen LogP contribution is 2.16. The second-order valence-corrected chi connectivity index (χ2v) is 4.95. The second-order valence-electron chi connectivity index (χ2n) is 4.95. The SMILES string of the molecule is COCCOC1CCCN(Cc2ccnc(N)c2)C1. The van der Waals surface area contributed by atoms with Gasteiger partial charge in [-0.3, -0.25) is 4.90 Å². The number of nitrogen functional groups attached to an aromatic ring is 1. The summed E-state index contributed by atoms with van der Waals surface area (Å²) in [5.41, 5.74) is 6.92. The summed E-state index contributed by atoms with van der Waals surface area (Å²) >= 11 is 0. The van der Waals surface area contributed by atoms with Gasteiger partial charge in [-0.25, -0.2) is 4.98 Å². The molecule has 1 atom stereocenters. The van der Waals surface area contributed by atoms with Crippen LogP contribution in [0.1, 0.15) is 18.4 Å². The molecule has 106 valence electrons. The van der Waals surface area contributed by atoms with Gasteiger partial charge in [-0.2, -0.15) is 0 Å². The fraction of sp³-hybridized carbons (Fsp3) is 0.643. The van der Waals surface area contributed by atoms with Crippen molar-refractivity contribution in [3.63, 3.8) is 0 Å². The molecule has 5 heteroatoms. The predicted molar refractivity (Wildman–Crippen MR) is 74.8 cm³/mol. The van der Waals surface area contributed by atoms with Crippen molar-refractivity contribution < 1.29 is 9.47 Å². The van der Waals surface area contributed by atoms with E-state index in [-0.39, 0.29) is 0 Å². The summed E-state index contributed by atoms with van der Waals surface area (Å²) < 4.78 is 10.8. The van der Waals surface area contributed by atoms with Gasteiger partial charge in [0.25, 0.3) is 0 Å². The molecule has 2 rings (SSSR count). The maximum absolute atomic E-state index is 5.81. The van der Waals surface area contributed by atoms with Crippen LogP contribution in [0.3, 0.4) is 0 Å². The van der Waals surface area contributed by atoms with Crippen molar-refractivity contribution in [2.45, 2.75) is 25.5 Å². The number of hydrogen-bond acceptors (Lipinski definition) is 5. The fourth-order valence-electron chi connectivity index (χ4n) is 2.44. The number of hydrogen-bond donors (Lipinski definition) is 1. The maximum atomic E-state index is 5.81. The lowest BCUT2D eigenvalue weighted by Gasteiger charge is -2.32. The molecule has 2 heterocycles. The maximum Gasteiger partial charge on any atom is 0.123 e. The number of aromatic nitrogens is 1. The van der Waals surface area contributed by atoms with Crippen LogP contribution in [0.15, 0.2) is 18.3 Å². The van der Waals surface area contributed by atoms with Crippen molar-refractivity contribution in [1.29, 1.82) is 0 Å². The van der Waals surface area contributed by atoms with Crippen molar-refractivity contribution in [1.82, 2.24) is 9.88 Å². The Labute approximate surface area is 114 Å². The zero-order valence-corrected chi connectivity index (χ0v) is 11.5. The van der Waals surface area contributed by atoms with Crippen molar-refractivity contribution in [3.8, 4) is 0 Å². The zero-order chi connectivity index (χ0) is 13.5. The van der Waals surface area contributed by atoms with E-state index in [4.69, 9.17) is 15.2 Å². The molecule has 0 radical (unpaired) electrons. The van der Waals surface area contributed by atoms with Gasteiger partial charge < -0.3 is 15.2 Å². The number of piperidine rings is 1. The van der Waals surface area contributed by atoms with Gasteiger partial charge in [-0.05, 0) is 37.1 Å². The molecule has 1 aliphatic rings. The summed E-state index contributed by atoms with van der Waals surface area (Å²) in [6, 6.07) is 3.96. The molecule has 1 unspecified atom stereocenters. The highest BCUT2D eigenvalue weighted by Gasteiger charge is 2.20. The van der Waals surface area contributed by atoms with Crippen LogP contribution in [0.2, 0.25) is 0 Å². The zero-order valence-electron chi connectivity index (χ0n) is 11.5. The molecule has 1 fully saturated rings. The molecular weight excluding hydrogens is 242 g/mol. The van der Waals surface area contributed by atoms with Crippen molar-refractivity contribution in [2.24, 2.45) is 0 Å². The van der Waals surface area contributed by atoms with Gasteiger partial charge >= 0.3 is 0 Å². The first kappa shape index (κ1) is 14.2.